The van der Waals surface area contributed by atoms with Gasteiger partial charge in [-0.25, -0.2) is 18.5 Å². The summed E-state index contributed by atoms with van der Waals surface area (Å²) in [5, 5.41) is 35.4. The minimum absolute atomic E-state index is 0.0183. The lowest BCUT2D eigenvalue weighted by Crippen LogP contribution is -2.33. The van der Waals surface area contributed by atoms with Gasteiger partial charge in [0.05, 0.1) is 89.9 Å². The summed E-state index contributed by atoms with van der Waals surface area (Å²) in [5.41, 5.74) is 0.911. The maximum Gasteiger partial charge on any atom is 0.474 e. The van der Waals surface area contributed by atoms with Crippen LogP contribution in [0.15, 0.2) is 78.9 Å². The second kappa shape index (κ2) is 41.9. The summed E-state index contributed by atoms with van der Waals surface area (Å²) in [5.74, 6) is -1.61. The Morgan fingerprint density at radius 3 is 1.71 bits per heavy atom. The Labute approximate surface area is 566 Å². The Morgan fingerprint density at radius 1 is 0.604 bits per heavy atom. The molecule has 0 bridgehead atoms. The molecule has 4 atom stereocenters. The topological polar surface area (TPSA) is 394 Å². The fourth-order valence-electron chi connectivity index (χ4n) is 9.12. The molecule has 29 nitrogen and oxygen atoms in total. The molecule has 2 aliphatic heterocycles. The van der Waals surface area contributed by atoms with Crippen LogP contribution >= 0.6 is 46.7 Å². The summed E-state index contributed by atoms with van der Waals surface area (Å²) >= 11 is 12.4. The third-order valence-electron chi connectivity index (χ3n) is 14.1. The molecule has 0 saturated heterocycles. The van der Waals surface area contributed by atoms with Gasteiger partial charge < -0.3 is 78.5 Å². The van der Waals surface area contributed by atoms with Crippen LogP contribution in [0.4, 0.5) is 0 Å². The number of aliphatic hydroxyl groups excluding tert-OH is 1. The van der Waals surface area contributed by atoms with Crippen molar-refractivity contribution in [1.29, 1.82) is 0 Å². The van der Waals surface area contributed by atoms with E-state index < -0.39 is 47.7 Å². The second-order valence-electron chi connectivity index (χ2n) is 21.0. The largest absolute Gasteiger partial charge is 0.508 e. The number of phenols is 2. The number of benzene rings is 4. The van der Waals surface area contributed by atoms with E-state index in [1.165, 1.54) is 48.5 Å². The first kappa shape index (κ1) is 81.2. The number of unbranched alkanes of at least 4 members (excludes halogenated alkanes) is 4. The molecule has 2 aliphatic rings. The van der Waals surface area contributed by atoms with Crippen molar-refractivity contribution >= 4 is 70.2 Å². The van der Waals surface area contributed by atoms with Gasteiger partial charge in [0.2, 0.25) is 0 Å². The van der Waals surface area contributed by atoms with E-state index in [4.69, 9.17) is 79.2 Å². The van der Waals surface area contributed by atoms with E-state index in [0.717, 1.165) is 0 Å². The van der Waals surface area contributed by atoms with Crippen molar-refractivity contribution in [3.8, 4) is 28.7 Å². The predicted molar refractivity (Wildman–Crippen MR) is 348 cm³/mol. The van der Waals surface area contributed by atoms with E-state index in [1.807, 2.05) is 20.8 Å². The van der Waals surface area contributed by atoms with E-state index in [1.54, 1.807) is 18.2 Å². The number of allylic oxidation sites excluding steroid dienone is 1. The molecule has 0 aromatic heterocycles. The summed E-state index contributed by atoms with van der Waals surface area (Å²) in [6.45, 7) is 11.2. The van der Waals surface area contributed by atoms with Crippen LogP contribution in [0.1, 0.15) is 120 Å². The summed E-state index contributed by atoms with van der Waals surface area (Å²) in [6, 6.07) is 16.4. The third kappa shape index (κ3) is 26.7. The molecular weight excluding hydrogens is 1370 g/mol. The zero-order valence-corrected chi connectivity index (χ0v) is 57.8. The molecular formula is C62H85Cl2N2O27P3. The van der Waals surface area contributed by atoms with E-state index >= 15 is 0 Å². The van der Waals surface area contributed by atoms with E-state index in [2.05, 4.69) is 26.3 Å². The molecule has 2 heterocycles. The average Bonchev–Trinajstić information content (AvgIpc) is 1.46. The maximum absolute atomic E-state index is 13.2. The zero-order chi connectivity index (χ0) is 70.2. The number of fused-ring (bicyclic) bond motifs is 6. The molecule has 2 amide bonds. The summed E-state index contributed by atoms with van der Waals surface area (Å²) in [4.78, 5) is 80.1. The Kier molecular flexibility index (Phi) is 35.4. The highest BCUT2D eigenvalue weighted by molar-refractivity contribution is 7.48. The minimum Gasteiger partial charge on any atom is -0.508 e. The number of ether oxygens (including phenoxy) is 8. The van der Waals surface area contributed by atoms with Crippen LogP contribution < -0.4 is 20.1 Å². The SMILES string of the molecule is C=C(CC)C(=O)c1ccc(OCC(=O)NCCCCC(CO)COP(=O)(O)OCCOCCOCC)c(Cl)c1Cl.CCOCCOCCOCCOP(=O)(O)OCOP(=O)(O)OCCCCCCNC(=O)c1ccc2c(c1)C1(OC2=O)c2ccc(O)cc2Oc2cc(O)ccc21. The van der Waals surface area contributed by atoms with Crippen LogP contribution in [0, 0.1) is 5.92 Å². The first-order valence-corrected chi connectivity index (χ1v) is 36.1. The van der Waals surface area contributed by atoms with Gasteiger partial charge >= 0.3 is 29.4 Å². The van der Waals surface area contributed by atoms with E-state index in [0.29, 0.717) is 133 Å². The number of halogens is 2. The quantitative estimate of drug-likeness (QED) is 0.00509. The number of Topliss-reactive ketones (excluding diaryl/α,β-unsaturated/α-hetero) is 1. The molecule has 1 spiro atoms. The van der Waals surface area contributed by atoms with Crippen molar-refractivity contribution in [3.63, 3.8) is 0 Å². The highest BCUT2D eigenvalue weighted by atomic mass is 35.5. The first-order valence-electron chi connectivity index (χ1n) is 30.9. The summed E-state index contributed by atoms with van der Waals surface area (Å²) in [7, 11) is -13.4. The van der Waals surface area contributed by atoms with Gasteiger partial charge in [-0.15, -0.1) is 0 Å². The highest BCUT2D eigenvalue weighted by Crippen LogP contribution is 2.57. The van der Waals surface area contributed by atoms with Crippen LogP contribution in [-0.4, -0.2) is 179 Å². The maximum atomic E-state index is 13.2. The third-order valence-corrected chi connectivity index (χ3v) is 17.8. The summed E-state index contributed by atoms with van der Waals surface area (Å²) < 4.78 is 108. The lowest BCUT2D eigenvalue weighted by Gasteiger charge is -2.36. The van der Waals surface area contributed by atoms with E-state index in [9.17, 15) is 62.9 Å². The molecule has 8 N–H and O–H groups in total. The molecule has 4 aromatic carbocycles. The monoisotopic (exact) mass is 1450 g/mol. The molecule has 0 fully saturated rings. The number of esters is 1. The minimum atomic E-state index is -4.58. The van der Waals surface area contributed by atoms with E-state index in [-0.39, 0.29) is 133 Å². The van der Waals surface area contributed by atoms with Gasteiger partial charge in [0.15, 0.2) is 24.8 Å². The molecule has 34 heteroatoms. The summed E-state index contributed by atoms with van der Waals surface area (Å²) in [6.07, 6.45) is 4.39. The van der Waals surface area contributed by atoms with Gasteiger partial charge in [0.1, 0.15) is 33.8 Å². The van der Waals surface area contributed by atoms with Gasteiger partial charge in [-0.1, -0.05) is 56.0 Å². The molecule has 0 aliphatic carbocycles. The lowest BCUT2D eigenvalue weighted by atomic mass is 9.77. The van der Waals surface area contributed by atoms with Crippen molar-refractivity contribution in [3.05, 3.63) is 122 Å². The van der Waals surface area contributed by atoms with Crippen molar-refractivity contribution in [2.45, 2.75) is 77.7 Å². The van der Waals surface area contributed by atoms with Crippen LogP contribution in [0.2, 0.25) is 10.0 Å². The Morgan fingerprint density at radius 2 is 1.14 bits per heavy atom. The number of phenolic OH excluding ortho intramolecular Hbond substituents is 2. The molecule has 0 saturated carbocycles. The number of amides is 2. The zero-order valence-electron chi connectivity index (χ0n) is 53.6. The molecule has 6 rings (SSSR count). The second-order valence-corrected chi connectivity index (χ2v) is 26.1. The number of aliphatic hydroxyl groups is 1. The number of carbonyl (C=O) groups excluding carboxylic acids is 4. The van der Waals surface area contributed by atoms with Gasteiger partial charge in [-0.2, -0.15) is 0 Å². The van der Waals surface area contributed by atoms with Crippen LogP contribution in [0.3, 0.4) is 0 Å². The lowest BCUT2D eigenvalue weighted by molar-refractivity contribution is -0.123. The number of hydrogen-bond acceptors (Lipinski definition) is 24. The molecule has 4 aromatic rings. The fourth-order valence-corrected chi connectivity index (χ4v) is 11.6. The van der Waals surface area contributed by atoms with Crippen molar-refractivity contribution in [2.24, 2.45) is 5.92 Å². The van der Waals surface area contributed by atoms with Gasteiger partial charge in [0, 0.05) is 78.8 Å². The number of phosphoric acid groups is 3. The predicted octanol–water partition coefficient (Wildman–Crippen LogP) is 9.85. The number of rotatable bonds is 47. The number of phosphoric ester groups is 3. The molecule has 534 valence electrons. The standard InChI is InChI=1S/C36H45NO17P2.C26H40Cl2NO10P/c1-2-46-15-16-47-17-18-48-19-20-50-56(44,45)52-24-51-55(42,43)49-14-6-4-3-5-13-37-34(40)25-7-10-28-31(21-25)36(54-35(28)41)29-11-8-26(38)22-32(29)53-33-23-27(39)9-12-30(33)36;1-4-19(3)26(32)21-9-10-22(25(28)24(21)27)37-18-23(31)29-11-7-6-8-20(16-30)17-39-40(33,34)38-15-14-36-13-12-35-5-2/h7-12,21-23,38-39H,2-6,13-20,24H2,1H3,(H,37,40)(H,42,43)(H,44,45);9-10,20,30H,3-8,11-18H2,1-2H3,(H,29,31)(H,33,34). The normalized spacial score (nSPS) is 14.9. The van der Waals surface area contributed by atoms with Gasteiger partial charge in [0.25, 0.3) is 11.8 Å². The molecule has 96 heavy (non-hydrogen) atoms. The van der Waals surface area contributed by atoms with Crippen LogP contribution in [0.5, 0.6) is 28.7 Å². The van der Waals surface area contributed by atoms with Crippen molar-refractivity contribution in [1.82, 2.24) is 10.6 Å². The van der Waals surface area contributed by atoms with Crippen LogP contribution in [0.25, 0.3) is 0 Å². The van der Waals surface area contributed by atoms with Crippen molar-refractivity contribution in [2.75, 3.05) is 126 Å². The average molecular weight is 1450 g/mol. The number of carbonyl (C=O) groups is 4. The van der Waals surface area contributed by atoms with Crippen LogP contribution in [-0.2, 0) is 79.7 Å². The van der Waals surface area contributed by atoms with Crippen molar-refractivity contribution < 1.29 is 128 Å². The number of ketones is 1. The number of nitrogens with one attached hydrogen (secondary N) is 2. The number of aromatic hydroxyl groups is 2. The fraction of sp³-hybridized carbons (Fsp3) is 0.516. The Hall–Kier alpha value is -5.43. The molecule has 4 unspecified atom stereocenters. The Bertz CT molecular complexity index is 3270. The molecule has 0 radical (unpaired) electrons. The highest BCUT2D eigenvalue weighted by Gasteiger charge is 2.54. The van der Waals surface area contributed by atoms with Gasteiger partial charge in [-0.05, 0) is 106 Å². The Balaban J connectivity index is 0.000000369. The van der Waals surface area contributed by atoms with Gasteiger partial charge in [-0.3, -0.25) is 41.5 Å². The smallest absolute Gasteiger partial charge is 0.474 e. The first-order chi connectivity index (χ1) is 45.9. The number of hydrogen-bond donors (Lipinski definition) is 8.